The summed E-state index contributed by atoms with van der Waals surface area (Å²) in [5.74, 6) is -0.286. The number of nitrogens with one attached hydrogen (secondary N) is 1. The van der Waals surface area contributed by atoms with E-state index < -0.39 is 0 Å². The molecule has 0 bridgehead atoms. The van der Waals surface area contributed by atoms with Crippen molar-refractivity contribution < 1.29 is 9.59 Å². The fraction of sp³-hybridized carbons (Fsp3) is 0.368. The molecule has 0 saturated carbocycles. The number of likely N-dealkylation sites (N-methyl/N-ethyl adjacent to an activating group) is 1. The lowest BCUT2D eigenvalue weighted by atomic mass is 10.1. The Labute approximate surface area is 148 Å². The molecule has 0 fully saturated rings. The summed E-state index contributed by atoms with van der Waals surface area (Å²) in [6.45, 7) is 8.19. The number of aryl methyl sites for hydroxylation is 4. The van der Waals surface area contributed by atoms with Gasteiger partial charge in [-0.3, -0.25) is 19.6 Å². The maximum absolute atomic E-state index is 12.5. The van der Waals surface area contributed by atoms with Gasteiger partial charge in [-0.05, 0) is 52.0 Å². The molecule has 2 aromatic rings. The molecular formula is C19H24N4O2. The van der Waals surface area contributed by atoms with Gasteiger partial charge < -0.3 is 10.2 Å². The van der Waals surface area contributed by atoms with Crippen LogP contribution < -0.4 is 5.32 Å². The lowest BCUT2D eigenvalue weighted by Crippen LogP contribution is -2.36. The summed E-state index contributed by atoms with van der Waals surface area (Å²) < 4.78 is 0. The second-order valence-electron chi connectivity index (χ2n) is 6.15. The predicted molar refractivity (Wildman–Crippen MR) is 96.7 cm³/mol. The monoisotopic (exact) mass is 340 g/mol. The van der Waals surface area contributed by atoms with E-state index in [2.05, 4.69) is 15.3 Å². The summed E-state index contributed by atoms with van der Waals surface area (Å²) in [6, 6.07) is 7.19. The van der Waals surface area contributed by atoms with Crippen LogP contribution in [0.2, 0.25) is 0 Å². The van der Waals surface area contributed by atoms with E-state index in [1.807, 2.05) is 39.8 Å². The number of pyridine rings is 2. The van der Waals surface area contributed by atoms with Crippen molar-refractivity contribution >= 4 is 11.8 Å². The molecule has 25 heavy (non-hydrogen) atoms. The van der Waals surface area contributed by atoms with E-state index >= 15 is 0 Å². The van der Waals surface area contributed by atoms with Crippen LogP contribution in [-0.4, -0.2) is 46.8 Å². The Morgan fingerprint density at radius 2 is 1.44 bits per heavy atom. The third-order valence-corrected chi connectivity index (χ3v) is 4.00. The highest BCUT2D eigenvalue weighted by atomic mass is 16.2. The first-order chi connectivity index (χ1) is 11.8. The van der Waals surface area contributed by atoms with Gasteiger partial charge in [-0.2, -0.15) is 0 Å². The van der Waals surface area contributed by atoms with E-state index in [1.165, 1.54) is 0 Å². The Morgan fingerprint density at radius 1 is 0.920 bits per heavy atom. The maximum Gasteiger partial charge on any atom is 0.255 e. The molecule has 2 rings (SSSR count). The molecular weight excluding hydrogens is 316 g/mol. The zero-order chi connectivity index (χ0) is 18.6. The highest BCUT2D eigenvalue weighted by Crippen LogP contribution is 2.09. The Bertz CT molecular complexity index is 802. The van der Waals surface area contributed by atoms with Gasteiger partial charge in [-0.1, -0.05) is 0 Å². The second kappa shape index (κ2) is 7.88. The van der Waals surface area contributed by atoms with Crippen LogP contribution in [0.4, 0.5) is 0 Å². The van der Waals surface area contributed by atoms with Crippen LogP contribution in [0.1, 0.15) is 43.5 Å². The van der Waals surface area contributed by atoms with Gasteiger partial charge >= 0.3 is 0 Å². The number of aromatic nitrogens is 2. The molecule has 0 aromatic carbocycles. The smallest absolute Gasteiger partial charge is 0.255 e. The van der Waals surface area contributed by atoms with Crippen LogP contribution in [0, 0.1) is 27.7 Å². The summed E-state index contributed by atoms with van der Waals surface area (Å²) in [7, 11) is 1.71. The molecule has 0 aliphatic rings. The third kappa shape index (κ3) is 4.62. The Kier molecular flexibility index (Phi) is 5.85. The van der Waals surface area contributed by atoms with E-state index in [1.54, 1.807) is 24.1 Å². The molecule has 132 valence electrons. The Balaban J connectivity index is 1.92. The van der Waals surface area contributed by atoms with Crippen molar-refractivity contribution in [3.63, 3.8) is 0 Å². The quantitative estimate of drug-likeness (QED) is 0.905. The highest BCUT2D eigenvalue weighted by Gasteiger charge is 2.15. The standard InChI is InChI=1S/C19H24N4O2/c1-12-6-8-16(14(3)21-12)18(24)20-10-11-23(5)19(25)17-9-7-13(2)22-15(17)4/h6-9H,10-11H2,1-5H3,(H,20,24). The number of rotatable bonds is 5. The number of hydrogen-bond acceptors (Lipinski definition) is 4. The lowest BCUT2D eigenvalue weighted by molar-refractivity contribution is 0.0785. The van der Waals surface area contributed by atoms with Gasteiger partial charge in [0.15, 0.2) is 0 Å². The van der Waals surface area contributed by atoms with Crippen LogP contribution in [0.25, 0.3) is 0 Å². The minimum Gasteiger partial charge on any atom is -0.350 e. The molecule has 6 heteroatoms. The molecule has 0 radical (unpaired) electrons. The Morgan fingerprint density at radius 3 is 1.96 bits per heavy atom. The van der Waals surface area contributed by atoms with Crippen LogP contribution in [-0.2, 0) is 0 Å². The molecule has 0 unspecified atom stereocenters. The maximum atomic E-state index is 12.5. The summed E-state index contributed by atoms with van der Waals surface area (Å²) in [5, 5.41) is 2.83. The molecule has 6 nitrogen and oxygen atoms in total. The van der Waals surface area contributed by atoms with Gasteiger partial charge in [-0.25, -0.2) is 0 Å². The minimum atomic E-state index is -0.181. The molecule has 1 N–H and O–H groups in total. The normalized spacial score (nSPS) is 10.4. The predicted octanol–water partition coefficient (Wildman–Crippen LogP) is 2.21. The van der Waals surface area contributed by atoms with Gasteiger partial charge in [-0.15, -0.1) is 0 Å². The zero-order valence-electron chi connectivity index (χ0n) is 15.4. The number of amides is 2. The third-order valence-electron chi connectivity index (χ3n) is 4.00. The molecule has 2 amide bonds. The summed E-state index contributed by atoms with van der Waals surface area (Å²) >= 11 is 0. The largest absolute Gasteiger partial charge is 0.350 e. The highest BCUT2D eigenvalue weighted by molar-refractivity contribution is 5.96. The molecule has 2 aromatic heterocycles. The summed E-state index contributed by atoms with van der Waals surface area (Å²) in [5.41, 5.74) is 4.30. The van der Waals surface area contributed by atoms with Crippen molar-refractivity contribution in [3.8, 4) is 0 Å². The number of hydrogen-bond donors (Lipinski definition) is 1. The van der Waals surface area contributed by atoms with Crippen molar-refractivity contribution in [2.24, 2.45) is 0 Å². The average molecular weight is 340 g/mol. The van der Waals surface area contributed by atoms with Crippen LogP contribution >= 0.6 is 0 Å². The Hall–Kier alpha value is -2.76. The van der Waals surface area contributed by atoms with Crippen molar-refractivity contribution in [1.29, 1.82) is 0 Å². The van der Waals surface area contributed by atoms with E-state index in [9.17, 15) is 9.59 Å². The molecule has 0 aliphatic heterocycles. The van der Waals surface area contributed by atoms with Crippen LogP contribution in [0.15, 0.2) is 24.3 Å². The number of carbonyl (C=O) groups is 2. The number of carbonyl (C=O) groups excluding carboxylic acids is 2. The molecule has 0 saturated heterocycles. The van der Waals surface area contributed by atoms with Gasteiger partial charge in [0.25, 0.3) is 11.8 Å². The van der Waals surface area contributed by atoms with E-state index in [0.717, 1.165) is 11.4 Å². The van der Waals surface area contributed by atoms with Gasteiger partial charge in [0.2, 0.25) is 0 Å². The zero-order valence-corrected chi connectivity index (χ0v) is 15.4. The van der Waals surface area contributed by atoms with Gasteiger partial charge in [0.05, 0.1) is 22.5 Å². The number of nitrogens with zero attached hydrogens (tertiary/aromatic N) is 3. The summed E-state index contributed by atoms with van der Waals surface area (Å²) in [6.07, 6.45) is 0. The van der Waals surface area contributed by atoms with Crippen molar-refractivity contribution in [1.82, 2.24) is 20.2 Å². The fourth-order valence-corrected chi connectivity index (χ4v) is 2.58. The van der Waals surface area contributed by atoms with E-state index in [0.29, 0.717) is 35.6 Å². The van der Waals surface area contributed by atoms with Crippen molar-refractivity contribution in [2.45, 2.75) is 27.7 Å². The summed E-state index contributed by atoms with van der Waals surface area (Å²) in [4.78, 5) is 34.9. The van der Waals surface area contributed by atoms with Crippen molar-refractivity contribution in [2.75, 3.05) is 20.1 Å². The SMILES string of the molecule is Cc1ccc(C(=O)NCCN(C)C(=O)c2ccc(C)nc2C)c(C)n1. The molecule has 2 heterocycles. The van der Waals surface area contributed by atoms with Gasteiger partial charge in [0, 0.05) is 31.5 Å². The first-order valence-electron chi connectivity index (χ1n) is 8.21. The fourth-order valence-electron chi connectivity index (χ4n) is 2.58. The first-order valence-corrected chi connectivity index (χ1v) is 8.21. The molecule has 0 atom stereocenters. The van der Waals surface area contributed by atoms with Gasteiger partial charge in [0.1, 0.15) is 0 Å². The van der Waals surface area contributed by atoms with Crippen molar-refractivity contribution in [3.05, 3.63) is 58.2 Å². The second-order valence-corrected chi connectivity index (χ2v) is 6.15. The molecule has 0 aliphatic carbocycles. The van der Waals surface area contributed by atoms with E-state index in [-0.39, 0.29) is 11.8 Å². The van der Waals surface area contributed by atoms with E-state index in [4.69, 9.17) is 0 Å². The van der Waals surface area contributed by atoms with Crippen LogP contribution in [0.5, 0.6) is 0 Å². The topological polar surface area (TPSA) is 75.2 Å². The first kappa shape index (κ1) is 18.6. The minimum absolute atomic E-state index is 0.104. The average Bonchev–Trinajstić information content (AvgIpc) is 2.54. The molecule has 0 spiro atoms. The lowest BCUT2D eigenvalue weighted by Gasteiger charge is -2.18. The van der Waals surface area contributed by atoms with Crippen LogP contribution in [0.3, 0.4) is 0 Å².